The molecule has 1 fully saturated rings. The molecule has 5 heteroatoms. The lowest BCUT2D eigenvalue weighted by Crippen LogP contribution is -2.16. The maximum atomic E-state index is 5.74. The van der Waals surface area contributed by atoms with Crippen LogP contribution in [0.2, 0.25) is 0 Å². The maximum absolute atomic E-state index is 5.74. The SMILES string of the molecule is CN(Cc1ccccc1)c1nnc(C2CCCN2)o1. The van der Waals surface area contributed by atoms with E-state index in [1.165, 1.54) is 12.0 Å². The third-order valence-corrected chi connectivity index (χ3v) is 3.38. The zero-order valence-corrected chi connectivity index (χ0v) is 11.0. The minimum atomic E-state index is 0.228. The summed E-state index contributed by atoms with van der Waals surface area (Å²) in [7, 11) is 1.96. The number of hydrogen-bond acceptors (Lipinski definition) is 5. The van der Waals surface area contributed by atoms with Gasteiger partial charge in [-0.25, -0.2) is 0 Å². The second-order valence-electron chi connectivity index (χ2n) is 4.91. The highest BCUT2D eigenvalue weighted by atomic mass is 16.4. The molecule has 0 amide bonds. The minimum absolute atomic E-state index is 0.228. The molecule has 1 unspecified atom stereocenters. The summed E-state index contributed by atoms with van der Waals surface area (Å²) in [4.78, 5) is 1.97. The van der Waals surface area contributed by atoms with Crippen molar-refractivity contribution in [3.05, 3.63) is 41.8 Å². The van der Waals surface area contributed by atoms with Gasteiger partial charge in [-0.3, -0.25) is 0 Å². The first-order valence-corrected chi connectivity index (χ1v) is 6.65. The van der Waals surface area contributed by atoms with E-state index >= 15 is 0 Å². The molecule has 100 valence electrons. The van der Waals surface area contributed by atoms with Crippen molar-refractivity contribution >= 4 is 6.01 Å². The van der Waals surface area contributed by atoms with Gasteiger partial charge in [0.2, 0.25) is 5.89 Å². The number of benzene rings is 1. The van der Waals surface area contributed by atoms with Crippen LogP contribution in [0.4, 0.5) is 6.01 Å². The monoisotopic (exact) mass is 258 g/mol. The summed E-state index contributed by atoms with van der Waals surface area (Å²) < 4.78 is 5.74. The average molecular weight is 258 g/mol. The Labute approximate surface area is 112 Å². The van der Waals surface area contributed by atoms with Gasteiger partial charge < -0.3 is 14.6 Å². The predicted molar refractivity (Wildman–Crippen MR) is 72.8 cm³/mol. The highest BCUT2D eigenvalue weighted by Crippen LogP contribution is 2.24. The first-order chi connectivity index (χ1) is 9.33. The minimum Gasteiger partial charge on any atom is -0.406 e. The Bertz CT molecular complexity index is 519. The number of nitrogens with zero attached hydrogens (tertiary/aromatic N) is 3. The molecule has 1 N–H and O–H groups in total. The van der Waals surface area contributed by atoms with Crippen LogP contribution in [0.25, 0.3) is 0 Å². The van der Waals surface area contributed by atoms with E-state index in [1.54, 1.807) is 0 Å². The molecule has 2 aromatic rings. The number of aromatic nitrogens is 2. The van der Waals surface area contributed by atoms with Crippen LogP contribution in [-0.4, -0.2) is 23.8 Å². The van der Waals surface area contributed by atoms with Gasteiger partial charge in [0.1, 0.15) is 0 Å². The topological polar surface area (TPSA) is 54.2 Å². The Balaban J connectivity index is 1.68. The molecule has 1 saturated heterocycles. The van der Waals surface area contributed by atoms with E-state index < -0.39 is 0 Å². The molecule has 0 spiro atoms. The van der Waals surface area contributed by atoms with Crippen LogP contribution >= 0.6 is 0 Å². The first kappa shape index (κ1) is 12.2. The Morgan fingerprint density at radius 3 is 2.89 bits per heavy atom. The maximum Gasteiger partial charge on any atom is 0.318 e. The number of rotatable bonds is 4. The smallest absolute Gasteiger partial charge is 0.318 e. The lowest BCUT2D eigenvalue weighted by atomic mass is 10.2. The fraction of sp³-hybridized carbons (Fsp3) is 0.429. The average Bonchev–Trinajstić information content (AvgIpc) is 3.11. The molecule has 1 aliphatic heterocycles. The van der Waals surface area contributed by atoms with Gasteiger partial charge in [-0.15, -0.1) is 5.10 Å². The summed E-state index contributed by atoms with van der Waals surface area (Å²) in [5.74, 6) is 0.701. The fourth-order valence-corrected chi connectivity index (χ4v) is 2.34. The standard InChI is InChI=1S/C14H18N4O/c1-18(10-11-6-3-2-4-7-11)14-17-16-13(19-14)12-8-5-9-15-12/h2-4,6-7,12,15H,5,8-10H2,1H3. The molecule has 3 rings (SSSR count). The zero-order chi connectivity index (χ0) is 13.1. The van der Waals surface area contributed by atoms with Gasteiger partial charge in [0.25, 0.3) is 0 Å². The summed E-state index contributed by atoms with van der Waals surface area (Å²) in [6.45, 7) is 1.79. The van der Waals surface area contributed by atoms with Crippen LogP contribution in [-0.2, 0) is 6.54 Å². The Morgan fingerprint density at radius 1 is 1.32 bits per heavy atom. The number of nitrogens with one attached hydrogen (secondary N) is 1. The quantitative estimate of drug-likeness (QED) is 0.910. The van der Waals surface area contributed by atoms with Gasteiger partial charge in [0.15, 0.2) is 0 Å². The van der Waals surface area contributed by atoms with Gasteiger partial charge >= 0.3 is 6.01 Å². The van der Waals surface area contributed by atoms with Crippen LogP contribution < -0.4 is 10.2 Å². The highest BCUT2D eigenvalue weighted by Gasteiger charge is 2.22. The third-order valence-electron chi connectivity index (χ3n) is 3.38. The van der Waals surface area contributed by atoms with Crippen molar-refractivity contribution in [2.75, 3.05) is 18.5 Å². The van der Waals surface area contributed by atoms with E-state index in [2.05, 4.69) is 27.6 Å². The molecule has 0 radical (unpaired) electrons. The third kappa shape index (κ3) is 2.76. The van der Waals surface area contributed by atoms with Crippen LogP contribution in [0, 0.1) is 0 Å². The van der Waals surface area contributed by atoms with E-state index in [9.17, 15) is 0 Å². The van der Waals surface area contributed by atoms with Crippen LogP contribution in [0.3, 0.4) is 0 Å². The van der Waals surface area contributed by atoms with E-state index in [0.29, 0.717) is 11.9 Å². The van der Waals surface area contributed by atoms with Gasteiger partial charge in [0, 0.05) is 13.6 Å². The lowest BCUT2D eigenvalue weighted by Gasteiger charge is -2.13. The van der Waals surface area contributed by atoms with E-state index in [0.717, 1.165) is 19.5 Å². The molecular formula is C14H18N4O. The molecule has 5 nitrogen and oxygen atoms in total. The Kier molecular flexibility index (Phi) is 3.46. The van der Waals surface area contributed by atoms with Crippen molar-refractivity contribution in [3.63, 3.8) is 0 Å². The second kappa shape index (κ2) is 5.40. The van der Waals surface area contributed by atoms with Gasteiger partial charge in [0.05, 0.1) is 6.04 Å². The summed E-state index contributed by atoms with van der Waals surface area (Å²) in [6, 6.07) is 11.1. The van der Waals surface area contributed by atoms with Gasteiger partial charge in [-0.05, 0) is 24.9 Å². The number of hydrogen-bond donors (Lipinski definition) is 1. The van der Waals surface area contributed by atoms with Crippen LogP contribution in [0.5, 0.6) is 0 Å². The molecule has 2 heterocycles. The molecule has 0 bridgehead atoms. The summed E-state index contributed by atoms with van der Waals surface area (Å²) >= 11 is 0. The van der Waals surface area contributed by atoms with E-state index in [4.69, 9.17) is 4.42 Å². The number of anilines is 1. The van der Waals surface area contributed by atoms with Crippen molar-refractivity contribution in [2.24, 2.45) is 0 Å². The normalized spacial score (nSPS) is 18.7. The summed E-state index contributed by atoms with van der Waals surface area (Å²) in [5.41, 5.74) is 1.23. The molecule has 1 atom stereocenters. The predicted octanol–water partition coefficient (Wildman–Crippen LogP) is 2.13. The van der Waals surface area contributed by atoms with Crippen molar-refractivity contribution in [2.45, 2.75) is 25.4 Å². The largest absolute Gasteiger partial charge is 0.406 e. The summed E-state index contributed by atoms with van der Waals surface area (Å²) in [6.07, 6.45) is 2.24. The Hall–Kier alpha value is -1.88. The zero-order valence-electron chi connectivity index (χ0n) is 11.0. The van der Waals surface area contributed by atoms with Crippen molar-refractivity contribution in [3.8, 4) is 0 Å². The van der Waals surface area contributed by atoms with Gasteiger partial charge in [-0.2, -0.15) is 0 Å². The second-order valence-corrected chi connectivity index (χ2v) is 4.91. The van der Waals surface area contributed by atoms with E-state index in [-0.39, 0.29) is 6.04 Å². The van der Waals surface area contributed by atoms with Crippen LogP contribution in [0.1, 0.15) is 30.3 Å². The molecule has 1 aromatic carbocycles. The van der Waals surface area contributed by atoms with E-state index in [1.807, 2.05) is 30.1 Å². The summed E-state index contributed by atoms with van der Waals surface area (Å²) in [5, 5.41) is 11.6. The van der Waals surface area contributed by atoms with Crippen molar-refractivity contribution < 1.29 is 4.42 Å². The fourth-order valence-electron chi connectivity index (χ4n) is 2.34. The van der Waals surface area contributed by atoms with Crippen molar-refractivity contribution in [1.82, 2.24) is 15.5 Å². The molecule has 19 heavy (non-hydrogen) atoms. The van der Waals surface area contributed by atoms with Crippen molar-refractivity contribution in [1.29, 1.82) is 0 Å². The van der Waals surface area contributed by atoms with Crippen LogP contribution in [0.15, 0.2) is 34.7 Å². The molecular weight excluding hydrogens is 240 g/mol. The molecule has 0 saturated carbocycles. The Morgan fingerprint density at radius 2 is 2.16 bits per heavy atom. The molecule has 0 aliphatic carbocycles. The van der Waals surface area contributed by atoms with Gasteiger partial charge in [-0.1, -0.05) is 35.4 Å². The molecule has 1 aliphatic rings. The first-order valence-electron chi connectivity index (χ1n) is 6.65. The highest BCUT2D eigenvalue weighted by molar-refractivity contribution is 5.27. The molecule has 1 aromatic heterocycles. The lowest BCUT2D eigenvalue weighted by molar-refractivity contribution is 0.429.